The lowest BCUT2D eigenvalue weighted by Gasteiger charge is -2.19. The van der Waals surface area contributed by atoms with Crippen LogP contribution in [0.25, 0.3) is 0 Å². The first-order valence-electron chi connectivity index (χ1n) is 6.65. The van der Waals surface area contributed by atoms with Gasteiger partial charge >= 0.3 is 0 Å². The van der Waals surface area contributed by atoms with Gasteiger partial charge in [0.05, 0.1) is 6.04 Å². The summed E-state index contributed by atoms with van der Waals surface area (Å²) in [5.41, 5.74) is 0. The SMILES string of the molecule is CCCCCCC(C)NC(C)C(=O)NCC. The zero-order valence-corrected chi connectivity index (χ0v) is 11.3. The van der Waals surface area contributed by atoms with Gasteiger partial charge in [-0.15, -0.1) is 0 Å². The molecule has 16 heavy (non-hydrogen) atoms. The standard InChI is InChI=1S/C13H28N2O/c1-5-7-8-9-10-11(3)15-12(4)13(16)14-6-2/h11-12,15H,5-10H2,1-4H3,(H,14,16). The van der Waals surface area contributed by atoms with Crippen LogP contribution in [-0.2, 0) is 4.79 Å². The quantitative estimate of drug-likeness (QED) is 0.595. The third-order valence-corrected chi connectivity index (χ3v) is 2.77. The van der Waals surface area contributed by atoms with Crippen molar-refractivity contribution in [2.45, 2.75) is 71.9 Å². The van der Waals surface area contributed by atoms with Gasteiger partial charge < -0.3 is 10.6 Å². The monoisotopic (exact) mass is 228 g/mol. The Hall–Kier alpha value is -0.570. The number of rotatable bonds is 9. The second-order valence-corrected chi connectivity index (χ2v) is 4.53. The van der Waals surface area contributed by atoms with E-state index in [-0.39, 0.29) is 11.9 Å². The van der Waals surface area contributed by atoms with Crippen molar-refractivity contribution in [2.24, 2.45) is 0 Å². The van der Waals surface area contributed by atoms with E-state index >= 15 is 0 Å². The number of hydrogen-bond donors (Lipinski definition) is 2. The molecule has 0 rings (SSSR count). The third kappa shape index (κ3) is 7.69. The van der Waals surface area contributed by atoms with Crippen LogP contribution in [0.4, 0.5) is 0 Å². The van der Waals surface area contributed by atoms with E-state index in [0.29, 0.717) is 12.6 Å². The van der Waals surface area contributed by atoms with Crippen LogP contribution in [0.15, 0.2) is 0 Å². The van der Waals surface area contributed by atoms with Gasteiger partial charge in [-0.05, 0) is 27.2 Å². The minimum atomic E-state index is -0.0823. The Morgan fingerprint density at radius 1 is 1.12 bits per heavy atom. The molecule has 0 saturated heterocycles. The lowest BCUT2D eigenvalue weighted by molar-refractivity contribution is -0.122. The second-order valence-electron chi connectivity index (χ2n) is 4.53. The van der Waals surface area contributed by atoms with Crippen molar-refractivity contribution in [2.75, 3.05) is 6.54 Å². The van der Waals surface area contributed by atoms with Crippen molar-refractivity contribution in [3.8, 4) is 0 Å². The molecule has 2 atom stereocenters. The maximum Gasteiger partial charge on any atom is 0.236 e. The van der Waals surface area contributed by atoms with Crippen LogP contribution in [-0.4, -0.2) is 24.5 Å². The fraction of sp³-hybridized carbons (Fsp3) is 0.923. The van der Waals surface area contributed by atoms with Crippen molar-refractivity contribution < 1.29 is 4.79 Å². The Kier molecular flexibility index (Phi) is 9.30. The number of likely N-dealkylation sites (N-methyl/N-ethyl adjacent to an activating group) is 1. The molecule has 0 radical (unpaired) electrons. The molecule has 3 heteroatoms. The Morgan fingerprint density at radius 2 is 1.81 bits per heavy atom. The van der Waals surface area contributed by atoms with Crippen molar-refractivity contribution >= 4 is 5.91 Å². The zero-order valence-electron chi connectivity index (χ0n) is 11.3. The molecule has 0 aliphatic rings. The fourth-order valence-electron chi connectivity index (χ4n) is 1.79. The summed E-state index contributed by atoms with van der Waals surface area (Å²) >= 11 is 0. The maximum atomic E-state index is 11.5. The average Bonchev–Trinajstić information content (AvgIpc) is 2.24. The Labute approximate surface area is 100 Å². The van der Waals surface area contributed by atoms with E-state index in [0.717, 1.165) is 6.42 Å². The number of carbonyl (C=O) groups excluding carboxylic acids is 1. The molecule has 0 aliphatic heterocycles. The van der Waals surface area contributed by atoms with Crippen LogP contribution >= 0.6 is 0 Å². The summed E-state index contributed by atoms with van der Waals surface area (Å²) in [6, 6.07) is 0.343. The zero-order chi connectivity index (χ0) is 12.4. The van der Waals surface area contributed by atoms with Crippen molar-refractivity contribution in [3.63, 3.8) is 0 Å². The number of unbranched alkanes of at least 4 members (excludes halogenated alkanes) is 3. The second kappa shape index (κ2) is 9.64. The molecule has 0 spiro atoms. The largest absolute Gasteiger partial charge is 0.355 e. The van der Waals surface area contributed by atoms with Crippen molar-refractivity contribution in [1.82, 2.24) is 10.6 Å². The van der Waals surface area contributed by atoms with Crippen LogP contribution in [0.3, 0.4) is 0 Å². The maximum absolute atomic E-state index is 11.5. The topological polar surface area (TPSA) is 41.1 Å². The van der Waals surface area contributed by atoms with E-state index < -0.39 is 0 Å². The minimum absolute atomic E-state index is 0.0823. The van der Waals surface area contributed by atoms with E-state index in [1.807, 2.05) is 13.8 Å². The van der Waals surface area contributed by atoms with Gasteiger partial charge in [0.25, 0.3) is 0 Å². The van der Waals surface area contributed by atoms with Gasteiger partial charge in [-0.2, -0.15) is 0 Å². The highest BCUT2D eigenvalue weighted by molar-refractivity contribution is 5.81. The fourth-order valence-corrected chi connectivity index (χ4v) is 1.79. The van der Waals surface area contributed by atoms with Gasteiger partial charge in [0.15, 0.2) is 0 Å². The smallest absolute Gasteiger partial charge is 0.236 e. The molecule has 96 valence electrons. The number of amides is 1. The molecule has 0 aromatic heterocycles. The third-order valence-electron chi connectivity index (χ3n) is 2.77. The molecule has 0 saturated carbocycles. The van der Waals surface area contributed by atoms with E-state index in [1.165, 1.54) is 25.7 Å². The number of hydrogen-bond acceptors (Lipinski definition) is 2. The molecule has 0 aromatic rings. The van der Waals surface area contributed by atoms with Gasteiger partial charge in [0, 0.05) is 12.6 Å². The van der Waals surface area contributed by atoms with Crippen LogP contribution in [0, 0.1) is 0 Å². The Balaban J connectivity index is 3.60. The predicted molar refractivity (Wildman–Crippen MR) is 69.5 cm³/mol. The summed E-state index contributed by atoms with van der Waals surface area (Å²) in [7, 11) is 0. The Bertz CT molecular complexity index is 183. The molecule has 0 fully saturated rings. The normalized spacial score (nSPS) is 14.5. The molecule has 3 nitrogen and oxygen atoms in total. The molecular weight excluding hydrogens is 200 g/mol. The van der Waals surface area contributed by atoms with Gasteiger partial charge in [-0.3, -0.25) is 4.79 Å². The lowest BCUT2D eigenvalue weighted by atomic mass is 10.1. The van der Waals surface area contributed by atoms with Crippen LogP contribution in [0.1, 0.15) is 59.8 Å². The van der Waals surface area contributed by atoms with Gasteiger partial charge in [0.2, 0.25) is 5.91 Å². The molecule has 0 aromatic carbocycles. The molecular formula is C13H28N2O. The first-order valence-corrected chi connectivity index (χ1v) is 6.65. The molecule has 0 bridgehead atoms. The van der Waals surface area contributed by atoms with Crippen molar-refractivity contribution in [1.29, 1.82) is 0 Å². The van der Waals surface area contributed by atoms with Gasteiger partial charge in [-0.25, -0.2) is 0 Å². The molecule has 0 heterocycles. The molecule has 0 aliphatic carbocycles. The number of nitrogens with one attached hydrogen (secondary N) is 2. The molecule has 2 unspecified atom stereocenters. The summed E-state index contributed by atoms with van der Waals surface area (Å²) in [5.74, 6) is 0.0999. The number of carbonyl (C=O) groups is 1. The van der Waals surface area contributed by atoms with E-state index in [2.05, 4.69) is 24.5 Å². The minimum Gasteiger partial charge on any atom is -0.355 e. The summed E-state index contributed by atoms with van der Waals surface area (Å²) in [6.07, 6.45) is 6.31. The van der Waals surface area contributed by atoms with E-state index in [4.69, 9.17) is 0 Å². The molecule has 1 amide bonds. The van der Waals surface area contributed by atoms with E-state index in [1.54, 1.807) is 0 Å². The lowest BCUT2D eigenvalue weighted by Crippen LogP contribution is -2.45. The first kappa shape index (κ1) is 15.4. The van der Waals surface area contributed by atoms with Crippen molar-refractivity contribution in [3.05, 3.63) is 0 Å². The summed E-state index contributed by atoms with van der Waals surface area (Å²) < 4.78 is 0. The highest BCUT2D eigenvalue weighted by atomic mass is 16.2. The van der Waals surface area contributed by atoms with Crippen LogP contribution < -0.4 is 10.6 Å². The van der Waals surface area contributed by atoms with E-state index in [9.17, 15) is 4.79 Å². The van der Waals surface area contributed by atoms with Gasteiger partial charge in [-0.1, -0.05) is 32.6 Å². The first-order chi connectivity index (χ1) is 7.61. The van der Waals surface area contributed by atoms with Gasteiger partial charge in [0.1, 0.15) is 0 Å². The Morgan fingerprint density at radius 3 is 2.38 bits per heavy atom. The average molecular weight is 228 g/mol. The highest BCUT2D eigenvalue weighted by Crippen LogP contribution is 2.05. The molecule has 2 N–H and O–H groups in total. The summed E-state index contributed by atoms with van der Waals surface area (Å²) in [4.78, 5) is 11.5. The summed E-state index contributed by atoms with van der Waals surface area (Å²) in [6.45, 7) is 8.95. The summed E-state index contributed by atoms with van der Waals surface area (Å²) in [5, 5.41) is 6.15. The predicted octanol–water partition coefficient (Wildman–Crippen LogP) is 2.46. The highest BCUT2D eigenvalue weighted by Gasteiger charge is 2.13. The van der Waals surface area contributed by atoms with Crippen LogP contribution in [0.2, 0.25) is 0 Å². The van der Waals surface area contributed by atoms with Crippen LogP contribution in [0.5, 0.6) is 0 Å².